The summed E-state index contributed by atoms with van der Waals surface area (Å²) in [5.41, 5.74) is 3.11. The van der Waals surface area contributed by atoms with Crippen LogP contribution < -0.4 is 15.5 Å². The third-order valence-corrected chi connectivity index (χ3v) is 4.56. The van der Waals surface area contributed by atoms with Crippen LogP contribution in [-0.4, -0.2) is 38.1 Å². The summed E-state index contributed by atoms with van der Waals surface area (Å²) in [4.78, 5) is 26.7. The number of carbonyl (C=O) groups is 2. The van der Waals surface area contributed by atoms with Crippen molar-refractivity contribution in [2.75, 3.05) is 41.8 Å². The Bertz CT molecular complexity index is 835. The molecule has 0 spiro atoms. The van der Waals surface area contributed by atoms with Gasteiger partial charge in [-0.15, -0.1) is 0 Å². The van der Waals surface area contributed by atoms with Gasteiger partial charge >= 0.3 is 0 Å². The molecule has 0 aromatic heterocycles. The molecule has 0 saturated carbocycles. The van der Waals surface area contributed by atoms with E-state index < -0.39 is 0 Å². The number of rotatable bonds is 5. The molecule has 0 unspecified atom stereocenters. The molecular weight excluding hydrogens is 366 g/mol. The van der Waals surface area contributed by atoms with Gasteiger partial charge in [0.25, 0.3) is 0 Å². The van der Waals surface area contributed by atoms with E-state index in [-0.39, 0.29) is 18.2 Å². The molecule has 0 bridgehead atoms. The summed E-state index contributed by atoms with van der Waals surface area (Å²) < 4.78 is 5.38. The quantitative estimate of drug-likeness (QED) is 0.771. The van der Waals surface area contributed by atoms with Gasteiger partial charge in [0.15, 0.2) is 0 Å². The average Bonchev–Trinajstić information content (AvgIpc) is 2.65. The molecule has 2 N–H and O–H groups in total. The van der Waals surface area contributed by atoms with Crippen molar-refractivity contribution in [3.8, 4) is 0 Å². The molecule has 2 aromatic carbocycles. The minimum Gasteiger partial charge on any atom is -0.378 e. The first-order chi connectivity index (χ1) is 13.0. The Balaban J connectivity index is 1.62. The van der Waals surface area contributed by atoms with Gasteiger partial charge in [-0.05, 0) is 36.8 Å². The highest BCUT2D eigenvalue weighted by molar-refractivity contribution is 6.31. The lowest BCUT2D eigenvalue weighted by Crippen LogP contribution is -2.36. The van der Waals surface area contributed by atoms with E-state index in [2.05, 4.69) is 15.5 Å². The molecule has 0 radical (unpaired) electrons. The maximum absolute atomic E-state index is 12.4. The van der Waals surface area contributed by atoms with E-state index in [1.165, 1.54) is 0 Å². The number of carbonyl (C=O) groups excluding carboxylic acids is 2. The number of nitrogens with one attached hydrogen (secondary N) is 2. The maximum atomic E-state index is 12.4. The molecule has 27 heavy (non-hydrogen) atoms. The largest absolute Gasteiger partial charge is 0.378 e. The van der Waals surface area contributed by atoms with Gasteiger partial charge in [0.05, 0.1) is 24.6 Å². The van der Waals surface area contributed by atoms with Crippen LogP contribution in [0.2, 0.25) is 5.02 Å². The number of anilines is 3. The zero-order valence-corrected chi connectivity index (χ0v) is 15.9. The average molecular weight is 388 g/mol. The second-order valence-corrected chi connectivity index (χ2v) is 6.79. The van der Waals surface area contributed by atoms with Crippen LogP contribution in [0.5, 0.6) is 0 Å². The van der Waals surface area contributed by atoms with Gasteiger partial charge in [-0.3, -0.25) is 9.59 Å². The highest BCUT2D eigenvalue weighted by atomic mass is 35.5. The number of halogens is 1. The molecule has 1 aliphatic heterocycles. The van der Waals surface area contributed by atoms with Crippen molar-refractivity contribution in [3.63, 3.8) is 0 Å². The molecule has 3 rings (SSSR count). The fourth-order valence-corrected chi connectivity index (χ4v) is 3.09. The molecule has 7 heteroatoms. The van der Waals surface area contributed by atoms with E-state index in [0.29, 0.717) is 29.6 Å². The number of hydrogen-bond acceptors (Lipinski definition) is 4. The minimum atomic E-state index is -0.387. The molecule has 2 amide bonds. The summed E-state index contributed by atoms with van der Waals surface area (Å²) in [6, 6.07) is 12.8. The molecule has 1 heterocycles. The summed E-state index contributed by atoms with van der Waals surface area (Å²) in [6.45, 7) is 4.71. The Hall–Kier alpha value is -2.57. The highest BCUT2D eigenvalue weighted by Crippen LogP contribution is 2.26. The fourth-order valence-electron chi connectivity index (χ4n) is 2.92. The number of morpholine rings is 1. The number of amides is 2. The lowest BCUT2D eigenvalue weighted by molar-refractivity contribution is -0.123. The normalized spacial score (nSPS) is 13.9. The molecule has 1 saturated heterocycles. The van der Waals surface area contributed by atoms with E-state index in [4.69, 9.17) is 16.3 Å². The predicted molar refractivity (Wildman–Crippen MR) is 108 cm³/mol. The molecule has 0 aliphatic carbocycles. The van der Waals surface area contributed by atoms with Crippen molar-refractivity contribution in [2.45, 2.75) is 13.3 Å². The van der Waals surface area contributed by atoms with Crippen molar-refractivity contribution in [3.05, 3.63) is 53.1 Å². The lowest BCUT2D eigenvalue weighted by atomic mass is 10.2. The highest BCUT2D eigenvalue weighted by Gasteiger charge is 2.17. The van der Waals surface area contributed by atoms with E-state index >= 15 is 0 Å². The Labute approximate surface area is 163 Å². The number of para-hydroxylation sites is 2. The number of benzene rings is 2. The van der Waals surface area contributed by atoms with E-state index in [1.807, 2.05) is 37.3 Å². The fraction of sp³-hybridized carbons (Fsp3) is 0.300. The first-order valence-electron chi connectivity index (χ1n) is 8.80. The van der Waals surface area contributed by atoms with Crippen molar-refractivity contribution in [2.24, 2.45) is 0 Å². The molecule has 142 valence electrons. The minimum absolute atomic E-state index is 0.274. The van der Waals surface area contributed by atoms with Crippen LogP contribution in [0.1, 0.15) is 12.0 Å². The smallest absolute Gasteiger partial charge is 0.233 e. The molecule has 1 aliphatic rings. The Morgan fingerprint density at radius 2 is 1.70 bits per heavy atom. The first kappa shape index (κ1) is 19.2. The van der Waals surface area contributed by atoms with Crippen molar-refractivity contribution >= 4 is 40.5 Å². The predicted octanol–water partition coefficient (Wildman–Crippen LogP) is 3.45. The van der Waals surface area contributed by atoms with Gasteiger partial charge in [0.1, 0.15) is 6.42 Å². The molecule has 2 aromatic rings. The monoisotopic (exact) mass is 387 g/mol. The van der Waals surface area contributed by atoms with Crippen LogP contribution in [0.15, 0.2) is 42.5 Å². The van der Waals surface area contributed by atoms with Crippen molar-refractivity contribution < 1.29 is 14.3 Å². The lowest BCUT2D eigenvalue weighted by Gasteiger charge is -2.30. The summed E-state index contributed by atoms with van der Waals surface area (Å²) in [5, 5.41) is 6.10. The zero-order valence-electron chi connectivity index (χ0n) is 15.1. The summed E-state index contributed by atoms with van der Waals surface area (Å²) >= 11 is 5.96. The number of aryl methyl sites for hydroxylation is 1. The third kappa shape index (κ3) is 5.21. The summed E-state index contributed by atoms with van der Waals surface area (Å²) in [5.74, 6) is -0.755. The second kappa shape index (κ2) is 8.88. The Kier molecular flexibility index (Phi) is 6.32. The molecule has 6 nitrogen and oxygen atoms in total. The van der Waals surface area contributed by atoms with Crippen molar-refractivity contribution in [1.29, 1.82) is 0 Å². The van der Waals surface area contributed by atoms with Gasteiger partial charge in [-0.1, -0.05) is 29.8 Å². The van der Waals surface area contributed by atoms with E-state index in [9.17, 15) is 9.59 Å². The van der Waals surface area contributed by atoms with Gasteiger partial charge in [0.2, 0.25) is 11.8 Å². The van der Waals surface area contributed by atoms with Crippen LogP contribution in [0, 0.1) is 6.92 Å². The van der Waals surface area contributed by atoms with E-state index in [0.717, 1.165) is 24.3 Å². The van der Waals surface area contributed by atoms with Crippen LogP contribution in [0.3, 0.4) is 0 Å². The van der Waals surface area contributed by atoms with Crippen molar-refractivity contribution in [1.82, 2.24) is 0 Å². The van der Waals surface area contributed by atoms with E-state index in [1.54, 1.807) is 12.1 Å². The molecule has 1 fully saturated rings. The van der Waals surface area contributed by atoms with Gasteiger partial charge in [-0.2, -0.15) is 0 Å². The van der Waals surface area contributed by atoms with Crippen LogP contribution in [0.25, 0.3) is 0 Å². The summed E-state index contributed by atoms with van der Waals surface area (Å²) in [6.07, 6.45) is -0.274. The van der Waals surface area contributed by atoms with Crippen LogP contribution in [0.4, 0.5) is 17.1 Å². The zero-order chi connectivity index (χ0) is 19.2. The van der Waals surface area contributed by atoms with Gasteiger partial charge in [0, 0.05) is 23.8 Å². The number of ether oxygens (including phenoxy) is 1. The number of hydrogen-bond donors (Lipinski definition) is 2. The number of nitrogens with zero attached hydrogens (tertiary/aromatic N) is 1. The van der Waals surface area contributed by atoms with Crippen LogP contribution in [-0.2, 0) is 14.3 Å². The maximum Gasteiger partial charge on any atom is 0.233 e. The Morgan fingerprint density at radius 1 is 1.04 bits per heavy atom. The Morgan fingerprint density at radius 3 is 2.44 bits per heavy atom. The standard InChI is InChI=1S/C20H22ClN3O3/c1-14-6-7-15(21)12-17(14)23-20(26)13-19(25)22-16-4-2-3-5-18(16)24-8-10-27-11-9-24/h2-7,12H,8-11,13H2,1H3,(H,22,25)(H,23,26). The first-order valence-corrected chi connectivity index (χ1v) is 9.18. The van der Waals surface area contributed by atoms with Crippen LogP contribution >= 0.6 is 11.6 Å². The molecule has 0 atom stereocenters. The third-order valence-electron chi connectivity index (χ3n) is 4.32. The second-order valence-electron chi connectivity index (χ2n) is 6.35. The SMILES string of the molecule is Cc1ccc(Cl)cc1NC(=O)CC(=O)Nc1ccccc1N1CCOCC1. The topological polar surface area (TPSA) is 70.7 Å². The van der Waals surface area contributed by atoms with Gasteiger partial charge < -0.3 is 20.3 Å². The van der Waals surface area contributed by atoms with Gasteiger partial charge in [-0.25, -0.2) is 0 Å². The molecular formula is C20H22ClN3O3. The summed E-state index contributed by atoms with van der Waals surface area (Å²) in [7, 11) is 0.